The molecule has 1 saturated heterocycles. The molecule has 2 aliphatic rings. The average Bonchev–Trinajstić information content (AvgIpc) is 3.39. The molecule has 32 heavy (non-hydrogen) atoms. The molecule has 0 radical (unpaired) electrons. The monoisotopic (exact) mass is 464 g/mol. The molecule has 0 bridgehead atoms. The van der Waals surface area contributed by atoms with Crippen molar-refractivity contribution in [3.05, 3.63) is 55.9 Å². The van der Waals surface area contributed by atoms with Gasteiger partial charge in [-0.3, -0.25) is 9.69 Å². The predicted octanol–water partition coefficient (Wildman–Crippen LogP) is 5.66. The molecule has 4 heterocycles. The van der Waals surface area contributed by atoms with Crippen LogP contribution in [-0.4, -0.2) is 32.9 Å². The molecule has 6 rings (SSSR count). The molecule has 7 heteroatoms. The quantitative estimate of drug-likeness (QED) is 0.425. The van der Waals surface area contributed by atoms with Crippen LogP contribution in [0, 0.1) is 5.92 Å². The van der Waals surface area contributed by atoms with Crippen molar-refractivity contribution in [3.8, 4) is 0 Å². The summed E-state index contributed by atoms with van der Waals surface area (Å²) in [7, 11) is 0. The number of hydrogen-bond donors (Lipinski definition) is 1. The first-order chi connectivity index (χ1) is 15.6. The third-order valence-corrected chi connectivity index (χ3v) is 9.66. The van der Waals surface area contributed by atoms with Crippen molar-refractivity contribution >= 4 is 43.1 Å². The number of fused-ring (bicyclic) bond motifs is 4. The first kappa shape index (κ1) is 20.5. The van der Waals surface area contributed by atoms with E-state index in [1.54, 1.807) is 11.3 Å². The van der Waals surface area contributed by atoms with E-state index in [1.165, 1.54) is 26.6 Å². The second-order valence-electron chi connectivity index (χ2n) is 9.49. The number of aromatic amines is 1. The maximum atomic E-state index is 13.0. The van der Waals surface area contributed by atoms with Gasteiger partial charge in [0, 0.05) is 10.8 Å². The lowest BCUT2D eigenvalue weighted by Gasteiger charge is -2.34. The summed E-state index contributed by atoms with van der Waals surface area (Å²) in [5, 5.41) is 2.12. The van der Waals surface area contributed by atoms with E-state index in [4.69, 9.17) is 9.97 Å². The number of likely N-dealkylation sites (tertiary alicyclic amines) is 1. The summed E-state index contributed by atoms with van der Waals surface area (Å²) in [6, 6.07) is 8.53. The molecule has 4 aromatic rings. The summed E-state index contributed by atoms with van der Waals surface area (Å²) in [5.41, 5.74) is 2.42. The van der Waals surface area contributed by atoms with Gasteiger partial charge in [-0.25, -0.2) is 9.97 Å². The second kappa shape index (κ2) is 8.04. The molecule has 1 aliphatic heterocycles. The molecule has 0 amide bonds. The Balaban J connectivity index is 1.21. The van der Waals surface area contributed by atoms with Gasteiger partial charge in [0.25, 0.3) is 5.56 Å². The molecule has 0 spiro atoms. The summed E-state index contributed by atoms with van der Waals surface area (Å²) in [4.78, 5) is 30.8. The summed E-state index contributed by atoms with van der Waals surface area (Å²) in [5.74, 6) is 2.04. The zero-order chi connectivity index (χ0) is 21.8. The van der Waals surface area contributed by atoms with Gasteiger partial charge in [-0.2, -0.15) is 0 Å². The SMILES string of the molecule is CC1CCc2c(sc3nc(C(C)N4CCC(c5nc6ccccc6s5)CC4)[nH]c(=O)c23)C1. The highest BCUT2D eigenvalue weighted by Gasteiger charge is 2.29. The first-order valence-corrected chi connectivity index (χ1v) is 13.3. The highest BCUT2D eigenvalue weighted by molar-refractivity contribution is 7.19. The molecule has 3 aromatic heterocycles. The van der Waals surface area contributed by atoms with Gasteiger partial charge in [-0.1, -0.05) is 19.1 Å². The van der Waals surface area contributed by atoms with E-state index in [9.17, 15) is 4.79 Å². The van der Waals surface area contributed by atoms with Crippen molar-refractivity contribution < 1.29 is 0 Å². The van der Waals surface area contributed by atoms with Crippen molar-refractivity contribution in [1.29, 1.82) is 0 Å². The Morgan fingerprint density at radius 1 is 1.12 bits per heavy atom. The zero-order valence-corrected chi connectivity index (χ0v) is 20.2. The fourth-order valence-electron chi connectivity index (χ4n) is 5.33. The van der Waals surface area contributed by atoms with E-state index < -0.39 is 0 Å². The highest BCUT2D eigenvalue weighted by atomic mass is 32.1. The molecule has 1 fully saturated rings. The molecular formula is C25H28N4OS2. The molecule has 166 valence electrons. The van der Waals surface area contributed by atoms with Gasteiger partial charge in [0.15, 0.2) is 0 Å². The third kappa shape index (κ3) is 3.51. The largest absolute Gasteiger partial charge is 0.309 e. The number of hydrogen-bond acceptors (Lipinski definition) is 6. The smallest absolute Gasteiger partial charge is 0.259 e. The van der Waals surface area contributed by atoms with Gasteiger partial charge in [0.1, 0.15) is 10.7 Å². The lowest BCUT2D eigenvalue weighted by Crippen LogP contribution is -2.36. The summed E-state index contributed by atoms with van der Waals surface area (Å²) in [6.45, 7) is 6.48. The number of piperidine rings is 1. The predicted molar refractivity (Wildman–Crippen MR) is 133 cm³/mol. The average molecular weight is 465 g/mol. The standard InChI is InChI=1S/C25H28N4OS2/c1-14-7-8-17-20(13-14)32-25-21(17)23(30)27-22(28-25)15(2)29-11-9-16(10-12-29)24-26-18-5-3-4-6-19(18)31-24/h3-6,14-16H,7-13H2,1-2H3,(H,27,28,30). The van der Waals surface area contributed by atoms with Crippen molar-refractivity contribution in [2.24, 2.45) is 5.92 Å². The van der Waals surface area contributed by atoms with Crippen molar-refractivity contribution in [1.82, 2.24) is 19.9 Å². The topological polar surface area (TPSA) is 61.9 Å². The molecule has 1 aromatic carbocycles. The highest BCUT2D eigenvalue weighted by Crippen LogP contribution is 2.38. The molecular weight excluding hydrogens is 436 g/mol. The lowest BCUT2D eigenvalue weighted by molar-refractivity contribution is 0.157. The van der Waals surface area contributed by atoms with Crippen LogP contribution in [0.25, 0.3) is 20.4 Å². The van der Waals surface area contributed by atoms with Gasteiger partial charge in [0.2, 0.25) is 0 Å². The number of thiophene rings is 1. The summed E-state index contributed by atoms with van der Waals surface area (Å²) < 4.78 is 1.28. The first-order valence-electron chi connectivity index (χ1n) is 11.7. The second-order valence-corrected chi connectivity index (χ2v) is 11.6. The van der Waals surface area contributed by atoms with Crippen LogP contribution in [0.1, 0.15) is 66.3 Å². The number of aryl methyl sites for hydroxylation is 1. The Morgan fingerprint density at radius 2 is 1.94 bits per heavy atom. The van der Waals surface area contributed by atoms with Crippen molar-refractivity contribution in [2.75, 3.05) is 13.1 Å². The third-order valence-electron chi connectivity index (χ3n) is 7.32. The van der Waals surface area contributed by atoms with Crippen LogP contribution in [0.3, 0.4) is 0 Å². The Morgan fingerprint density at radius 3 is 2.75 bits per heavy atom. The minimum atomic E-state index is 0.0493. The Hall–Kier alpha value is -2.09. The number of H-pyrrole nitrogens is 1. The van der Waals surface area contributed by atoms with E-state index in [-0.39, 0.29) is 11.6 Å². The fraction of sp³-hybridized carbons (Fsp3) is 0.480. The van der Waals surface area contributed by atoms with E-state index in [0.717, 1.165) is 60.3 Å². The number of rotatable bonds is 3. The van der Waals surface area contributed by atoms with Gasteiger partial charge in [-0.15, -0.1) is 22.7 Å². The zero-order valence-electron chi connectivity index (χ0n) is 18.6. The van der Waals surface area contributed by atoms with E-state index in [0.29, 0.717) is 11.8 Å². The van der Waals surface area contributed by atoms with Crippen molar-refractivity contribution in [2.45, 2.75) is 57.9 Å². The van der Waals surface area contributed by atoms with Crippen LogP contribution in [0.15, 0.2) is 29.1 Å². The van der Waals surface area contributed by atoms with Crippen LogP contribution in [0.2, 0.25) is 0 Å². The molecule has 5 nitrogen and oxygen atoms in total. The van der Waals surface area contributed by atoms with Gasteiger partial charge < -0.3 is 4.98 Å². The summed E-state index contributed by atoms with van der Waals surface area (Å²) >= 11 is 3.58. The number of para-hydroxylation sites is 1. The van der Waals surface area contributed by atoms with Crippen LogP contribution >= 0.6 is 22.7 Å². The van der Waals surface area contributed by atoms with Crippen LogP contribution in [0.4, 0.5) is 0 Å². The van der Waals surface area contributed by atoms with Gasteiger partial charge in [0.05, 0.1) is 26.7 Å². The number of aromatic nitrogens is 3. The molecule has 2 unspecified atom stereocenters. The minimum absolute atomic E-state index is 0.0493. The number of nitrogens with zero attached hydrogens (tertiary/aromatic N) is 3. The van der Waals surface area contributed by atoms with Gasteiger partial charge >= 0.3 is 0 Å². The van der Waals surface area contributed by atoms with Crippen LogP contribution in [0.5, 0.6) is 0 Å². The van der Waals surface area contributed by atoms with Crippen LogP contribution < -0.4 is 5.56 Å². The van der Waals surface area contributed by atoms with Gasteiger partial charge in [-0.05, 0) is 75.7 Å². The number of benzene rings is 1. The van der Waals surface area contributed by atoms with Crippen LogP contribution in [-0.2, 0) is 12.8 Å². The Labute approximate surface area is 195 Å². The fourth-order valence-corrected chi connectivity index (χ4v) is 7.86. The minimum Gasteiger partial charge on any atom is -0.309 e. The Bertz CT molecular complexity index is 1310. The maximum Gasteiger partial charge on any atom is 0.259 e. The molecule has 1 aliphatic carbocycles. The summed E-state index contributed by atoms with van der Waals surface area (Å²) in [6.07, 6.45) is 5.46. The van der Waals surface area contributed by atoms with Crippen molar-refractivity contribution in [3.63, 3.8) is 0 Å². The van der Waals surface area contributed by atoms with E-state index in [1.807, 2.05) is 11.3 Å². The lowest BCUT2D eigenvalue weighted by atomic mass is 9.89. The number of nitrogens with one attached hydrogen (secondary N) is 1. The Kier molecular flexibility index (Phi) is 5.16. The normalized spacial score (nSPS) is 21.2. The van der Waals surface area contributed by atoms with E-state index in [2.05, 4.69) is 48.0 Å². The molecule has 2 atom stereocenters. The van der Waals surface area contributed by atoms with E-state index >= 15 is 0 Å². The molecule has 1 N–H and O–H groups in total. The maximum absolute atomic E-state index is 13.0. The molecule has 0 saturated carbocycles. The number of thiazole rings is 1.